The van der Waals surface area contributed by atoms with E-state index in [4.69, 9.17) is 0 Å². The first kappa shape index (κ1) is 112. The van der Waals surface area contributed by atoms with Gasteiger partial charge in [-0.1, -0.05) is 172 Å². The summed E-state index contributed by atoms with van der Waals surface area (Å²) in [4.78, 5) is 220. The monoisotopic (exact) mass is 1860 g/mol. The smallest absolute Gasteiger partial charge is 0.252 e. The van der Waals surface area contributed by atoms with E-state index in [0.29, 0.717) is 101 Å². The molecule has 0 spiro atoms. The maximum atomic E-state index is 15.1. The van der Waals surface area contributed by atoms with E-state index >= 15 is 9.59 Å². The lowest BCUT2D eigenvalue weighted by atomic mass is 9.80. The van der Waals surface area contributed by atoms with Crippen LogP contribution in [0.25, 0.3) is 0 Å². The minimum Gasteiger partial charge on any atom is -0.369 e. The maximum absolute atomic E-state index is 15.1. The van der Waals surface area contributed by atoms with E-state index in [1.54, 1.807) is 52.0 Å². The van der Waals surface area contributed by atoms with Crippen LogP contribution >= 0.6 is 0 Å². The summed E-state index contributed by atoms with van der Waals surface area (Å²) < 4.78 is 0. The first-order valence-electron chi connectivity index (χ1n) is 50.5. The molecular weight excluding hydrogens is 1700 g/mol. The fourth-order valence-corrected chi connectivity index (χ4v) is 17.6. The Labute approximate surface area is 791 Å². The Morgan fingerprint density at radius 1 is 0.316 bits per heavy atom. The Hall–Kier alpha value is -9.83. The molecule has 2 aromatic carbocycles. The fraction of sp³-hybridized carbons (Fsp3) is 0.727. The number of rotatable bonds is 62. The first-order chi connectivity index (χ1) is 63.9. The van der Waals surface area contributed by atoms with Gasteiger partial charge in [-0.15, -0.1) is 0 Å². The molecule has 34 nitrogen and oxygen atoms in total. The molecule has 7 atom stereocenters. The number of hydrogen-bond acceptors (Lipinski definition) is 20. The van der Waals surface area contributed by atoms with Crippen LogP contribution in [0, 0.1) is 5.92 Å². The average Bonchev–Trinajstić information content (AvgIpc) is 0.799. The lowest BCUT2D eigenvalue weighted by Gasteiger charge is -2.38. The molecule has 0 radical (unpaired) electrons. The van der Waals surface area contributed by atoms with Crippen LogP contribution in [0.4, 0.5) is 11.4 Å². The van der Waals surface area contributed by atoms with E-state index in [1.807, 2.05) is 58.9 Å². The van der Waals surface area contributed by atoms with Crippen molar-refractivity contribution in [2.75, 3.05) is 115 Å². The maximum Gasteiger partial charge on any atom is 0.252 e. The summed E-state index contributed by atoms with van der Waals surface area (Å²) in [6.07, 6.45) is 14.7. The highest BCUT2D eigenvalue weighted by molar-refractivity contribution is 6.03. The zero-order valence-corrected chi connectivity index (χ0v) is 82.1. The van der Waals surface area contributed by atoms with Crippen LogP contribution in [0.5, 0.6) is 0 Å². The van der Waals surface area contributed by atoms with E-state index in [-0.39, 0.29) is 146 Å². The third-order valence-electron chi connectivity index (χ3n) is 26.1. The molecule has 6 rings (SSSR count). The van der Waals surface area contributed by atoms with Crippen LogP contribution in [0.2, 0.25) is 0 Å². The van der Waals surface area contributed by atoms with Crippen LogP contribution in [-0.2, 0) is 62.3 Å². The fourth-order valence-electron chi connectivity index (χ4n) is 17.6. The van der Waals surface area contributed by atoms with Gasteiger partial charge in [0.1, 0.15) is 41.3 Å². The third-order valence-corrected chi connectivity index (χ3v) is 26.1. The van der Waals surface area contributed by atoms with Crippen molar-refractivity contribution in [2.45, 2.75) is 354 Å². The van der Waals surface area contributed by atoms with Gasteiger partial charge in [0.2, 0.25) is 70.9 Å². The van der Waals surface area contributed by atoms with E-state index < -0.39 is 124 Å². The number of Topliss-reactive ketones (excluding diaryl/α,β-unsaturated/α-hetero) is 1. The summed E-state index contributed by atoms with van der Waals surface area (Å²) in [5.74, 6) is -7.17. The first-order valence-corrected chi connectivity index (χ1v) is 50.5. The standard InChI is InChI=1S/C99H165N19O15/c1-12-19-24-35-76(87(123)70(8)9)107-93(129)78(36-25-20-13-2)109-95(131)80(39-28-34-57-101-86(122)51-49-82(91(127)105-61-59-103-84(120)16-5)112-97(133)99(54-31-23-32-55-99)114-89(125)73-42-46-75(47-43-73)118-68-64-116(18-7)65-69-118)110-94(130)79(37-26-21-14-3)108-92(128)77(106-71(10)11)38-27-33-56-100-85(121)50-48-81(90(126)104-60-58-102-83(119)15-4)111-96(132)98(52-29-22-30-53-98)113-88(124)72-40-44-74(45-41-72)117-66-62-115(17-6)63-67-117/h40-47,70-71,76-82,106H,12-39,48-69H2,1-11H3,(H,100,121)(H,101,122)(H,102,119)(H,103,120)(H,104,126)(H,105,127)(H,107,129)(H,108,128)(H,109,131)(H,110,130)(H,111,132)(H,112,133)(H,113,124)(H,114,125)/t76?,77?,78-,79-,80?,81?,82?/m0/s1. The molecule has 15 N–H and O–H groups in total. The molecule has 2 aliphatic carbocycles. The number of amides is 14. The van der Waals surface area contributed by atoms with Gasteiger partial charge in [0, 0.05) is 152 Å². The molecule has 2 saturated carbocycles. The molecular formula is C99H165N19O15. The highest BCUT2D eigenvalue weighted by atomic mass is 16.2. The molecule has 0 bridgehead atoms. The zero-order valence-electron chi connectivity index (χ0n) is 82.1. The van der Waals surface area contributed by atoms with E-state index in [0.717, 1.165) is 128 Å². The highest BCUT2D eigenvalue weighted by Crippen LogP contribution is 2.32. The Morgan fingerprint density at radius 3 is 0.955 bits per heavy atom. The van der Waals surface area contributed by atoms with Crippen molar-refractivity contribution in [2.24, 2.45) is 5.92 Å². The van der Waals surface area contributed by atoms with E-state index in [9.17, 15) is 62.3 Å². The zero-order chi connectivity index (χ0) is 97.1. The lowest BCUT2D eigenvalue weighted by Crippen LogP contribution is -2.62. The van der Waals surface area contributed by atoms with Crippen LogP contribution in [0.1, 0.15) is 315 Å². The molecule has 4 fully saturated rings. The SMILES string of the molecule is CCCCCC(NC(=O)[C@H](CCCCC)NC(=O)C(CCCCNC(=O)CCC(NC(=O)C1(NC(=O)c2ccc(N3CCN(CC)CC3)cc2)CCCCC1)C(=O)NCCNC(=O)CC)NC(=O)[C@H](CCCCC)NC(=O)C(CCCCNC(=O)CCC(NC(=O)C1(NC(=O)c2ccc(N3CCN(CC)CC3)cc2)CCCCC1)C(=O)NCCNC(=O)CC)NC(C)C)C(=O)C(C)C. The van der Waals surface area contributed by atoms with Gasteiger partial charge in [-0.3, -0.25) is 71.9 Å². The van der Waals surface area contributed by atoms with Crippen LogP contribution in [-0.4, -0.2) is 262 Å². The Kier molecular flexibility index (Phi) is 51.5. The molecule has 2 aromatic rings. The van der Waals surface area contributed by atoms with Gasteiger partial charge in [-0.25, -0.2) is 0 Å². The van der Waals surface area contributed by atoms with Crippen molar-refractivity contribution in [1.82, 2.24) is 89.6 Å². The Bertz CT molecular complexity index is 3950. The van der Waals surface area contributed by atoms with Gasteiger partial charge < -0.3 is 99.4 Å². The number of nitrogens with zero attached hydrogens (tertiary/aromatic N) is 4. The molecule has 2 aliphatic heterocycles. The summed E-state index contributed by atoms with van der Waals surface area (Å²) in [6, 6.07) is 7.01. The van der Waals surface area contributed by atoms with Gasteiger partial charge in [0.15, 0.2) is 5.78 Å². The van der Waals surface area contributed by atoms with Crippen molar-refractivity contribution in [3.8, 4) is 0 Å². The number of piperazine rings is 2. The summed E-state index contributed by atoms with van der Waals surface area (Å²) in [5, 5.41) is 44.1. The van der Waals surface area contributed by atoms with Gasteiger partial charge in [-0.2, -0.15) is 0 Å². The quantitative estimate of drug-likeness (QED) is 0.0291. The van der Waals surface area contributed by atoms with Crippen molar-refractivity contribution in [3.63, 3.8) is 0 Å². The van der Waals surface area contributed by atoms with Crippen LogP contribution < -0.4 is 89.6 Å². The number of carbonyl (C=O) groups excluding carboxylic acids is 15. The van der Waals surface area contributed by atoms with E-state index in [2.05, 4.69) is 113 Å². The Balaban J connectivity index is 1.13. The molecule has 34 heteroatoms. The summed E-state index contributed by atoms with van der Waals surface area (Å²) in [5.41, 5.74) is 0.0845. The minimum atomic E-state index is -1.36. The topological polar surface area (TPSA) is 449 Å². The normalized spacial score (nSPS) is 16.6. The predicted molar refractivity (Wildman–Crippen MR) is 519 cm³/mol. The summed E-state index contributed by atoms with van der Waals surface area (Å²) in [7, 11) is 0. The molecule has 133 heavy (non-hydrogen) atoms. The van der Waals surface area contributed by atoms with Gasteiger partial charge in [0.05, 0.1) is 12.1 Å². The number of benzene rings is 2. The van der Waals surface area contributed by atoms with Crippen molar-refractivity contribution in [1.29, 1.82) is 0 Å². The number of ketones is 1. The summed E-state index contributed by atoms with van der Waals surface area (Å²) in [6.45, 7) is 30.9. The van der Waals surface area contributed by atoms with Crippen molar-refractivity contribution >= 4 is 99.9 Å². The van der Waals surface area contributed by atoms with Crippen LogP contribution in [0.15, 0.2) is 48.5 Å². The second kappa shape index (κ2) is 61.2. The molecule has 4 aliphatic rings. The Morgan fingerprint density at radius 2 is 0.624 bits per heavy atom. The van der Waals surface area contributed by atoms with Crippen molar-refractivity contribution in [3.05, 3.63) is 59.7 Å². The molecule has 2 saturated heterocycles. The number of anilines is 2. The second-order valence-corrected chi connectivity index (χ2v) is 37.1. The van der Waals surface area contributed by atoms with Gasteiger partial charge in [-0.05, 0) is 158 Å². The number of carbonyl (C=O) groups is 15. The lowest BCUT2D eigenvalue weighted by molar-refractivity contribution is -0.135. The molecule has 0 aromatic heterocycles. The number of hydrogen-bond donors (Lipinski definition) is 15. The van der Waals surface area contributed by atoms with Gasteiger partial charge in [0.25, 0.3) is 11.8 Å². The predicted octanol–water partition coefficient (Wildman–Crippen LogP) is 7.20. The van der Waals surface area contributed by atoms with Crippen LogP contribution in [0.3, 0.4) is 0 Å². The second-order valence-electron chi connectivity index (χ2n) is 37.1. The average molecular weight is 1860 g/mol. The van der Waals surface area contributed by atoms with Gasteiger partial charge >= 0.3 is 0 Å². The summed E-state index contributed by atoms with van der Waals surface area (Å²) >= 11 is 0. The largest absolute Gasteiger partial charge is 0.369 e. The molecule has 2 heterocycles. The van der Waals surface area contributed by atoms with E-state index in [1.165, 1.54) is 0 Å². The molecule has 746 valence electrons. The van der Waals surface area contributed by atoms with Crippen molar-refractivity contribution < 1.29 is 71.9 Å². The minimum absolute atomic E-state index is 0.0165. The number of likely N-dealkylation sites (N-methyl/N-ethyl adjacent to an activating group) is 2. The number of nitrogens with one attached hydrogen (secondary N) is 15. The molecule has 5 unspecified atom stereocenters. The highest BCUT2D eigenvalue weighted by Gasteiger charge is 2.45. The third kappa shape index (κ3) is 39.6. The molecule has 14 amide bonds. The number of unbranched alkanes of at least 4 members (excludes halogenated alkanes) is 8.